The molecule has 0 heterocycles. The molecule has 1 aliphatic rings. The summed E-state index contributed by atoms with van der Waals surface area (Å²) in [5.74, 6) is 0.108. The molecule has 0 saturated carbocycles. The third kappa shape index (κ3) is 2.97. The van der Waals surface area contributed by atoms with Crippen molar-refractivity contribution in [2.24, 2.45) is 0 Å². The third-order valence-corrected chi connectivity index (χ3v) is 4.14. The highest BCUT2D eigenvalue weighted by molar-refractivity contribution is 5.77. The molecule has 2 atom stereocenters. The van der Waals surface area contributed by atoms with Gasteiger partial charge in [-0.2, -0.15) is 0 Å². The molecular weight excluding hydrogens is 278 g/mol. The first-order valence-corrected chi connectivity index (χ1v) is 7.48. The summed E-state index contributed by atoms with van der Waals surface area (Å²) in [6, 6.07) is 14.5. The van der Waals surface area contributed by atoms with Crippen LogP contribution in [-0.4, -0.2) is 16.1 Å². The van der Waals surface area contributed by atoms with Gasteiger partial charge in [-0.3, -0.25) is 4.79 Å². The number of hydrogen-bond acceptors (Lipinski definition) is 3. The molecule has 0 radical (unpaired) electrons. The molecule has 1 amide bonds. The number of rotatable bonds is 4. The monoisotopic (exact) mass is 297 g/mol. The molecule has 1 aliphatic carbocycles. The molecule has 22 heavy (non-hydrogen) atoms. The first kappa shape index (κ1) is 14.6. The van der Waals surface area contributed by atoms with Gasteiger partial charge in [0.15, 0.2) is 0 Å². The van der Waals surface area contributed by atoms with Crippen LogP contribution < -0.4 is 5.32 Å². The average molecular weight is 297 g/mol. The summed E-state index contributed by atoms with van der Waals surface area (Å²) in [5.41, 5.74) is 2.63. The van der Waals surface area contributed by atoms with E-state index in [0.29, 0.717) is 5.75 Å². The van der Waals surface area contributed by atoms with E-state index in [1.165, 1.54) is 0 Å². The summed E-state index contributed by atoms with van der Waals surface area (Å²) >= 11 is 0. The van der Waals surface area contributed by atoms with Crippen molar-refractivity contribution in [2.75, 3.05) is 0 Å². The van der Waals surface area contributed by atoms with Gasteiger partial charge in [0.25, 0.3) is 0 Å². The van der Waals surface area contributed by atoms with Crippen LogP contribution in [0.1, 0.15) is 41.7 Å². The van der Waals surface area contributed by atoms with Crippen molar-refractivity contribution in [1.29, 1.82) is 0 Å². The minimum atomic E-state index is -0.800. The molecule has 4 nitrogen and oxygen atoms in total. The highest BCUT2D eigenvalue weighted by Gasteiger charge is 2.26. The number of phenols is 1. The summed E-state index contributed by atoms with van der Waals surface area (Å²) < 4.78 is 0. The molecular formula is C18H19NO3. The number of carbonyl (C=O) groups is 1. The van der Waals surface area contributed by atoms with E-state index < -0.39 is 6.10 Å². The Hall–Kier alpha value is -2.33. The molecule has 3 N–H and O–H groups in total. The Labute approximate surface area is 129 Å². The number of phenolic OH excluding ortho intramolecular Hbond substituents is 1. The fourth-order valence-electron chi connectivity index (χ4n) is 3.01. The van der Waals surface area contributed by atoms with Gasteiger partial charge in [0.2, 0.25) is 5.91 Å². The van der Waals surface area contributed by atoms with Gasteiger partial charge in [-0.15, -0.1) is 0 Å². The minimum Gasteiger partial charge on any atom is -0.508 e. The van der Waals surface area contributed by atoms with E-state index in [4.69, 9.17) is 0 Å². The zero-order chi connectivity index (χ0) is 15.5. The van der Waals surface area contributed by atoms with Crippen LogP contribution in [-0.2, 0) is 11.2 Å². The molecule has 2 aromatic carbocycles. The number of hydrogen-bond donors (Lipinski definition) is 3. The Bertz CT molecular complexity index is 669. The second kappa shape index (κ2) is 6.20. The van der Waals surface area contributed by atoms with Crippen LogP contribution in [0.15, 0.2) is 48.5 Å². The quantitative estimate of drug-likeness (QED) is 0.812. The molecule has 2 aromatic rings. The third-order valence-electron chi connectivity index (χ3n) is 4.14. The predicted molar refractivity (Wildman–Crippen MR) is 83.3 cm³/mol. The van der Waals surface area contributed by atoms with E-state index >= 15 is 0 Å². The molecule has 0 bridgehead atoms. The smallest absolute Gasteiger partial charge is 0.223 e. The van der Waals surface area contributed by atoms with Gasteiger partial charge in [0.1, 0.15) is 5.75 Å². The summed E-state index contributed by atoms with van der Waals surface area (Å²) in [6.07, 6.45) is 0.773. The molecule has 3 rings (SSSR count). The Morgan fingerprint density at radius 3 is 2.73 bits per heavy atom. The summed E-state index contributed by atoms with van der Waals surface area (Å²) in [4.78, 5) is 12.1. The minimum absolute atomic E-state index is 0.0364. The van der Waals surface area contributed by atoms with E-state index in [0.717, 1.165) is 29.5 Å². The van der Waals surface area contributed by atoms with E-state index in [1.54, 1.807) is 24.3 Å². The lowest BCUT2D eigenvalue weighted by molar-refractivity contribution is -0.123. The Kier molecular flexibility index (Phi) is 4.11. The molecule has 114 valence electrons. The summed E-state index contributed by atoms with van der Waals surface area (Å²) in [7, 11) is 0. The van der Waals surface area contributed by atoms with Crippen LogP contribution in [0.4, 0.5) is 0 Å². The lowest BCUT2D eigenvalue weighted by atomic mass is 10.0. The molecule has 0 aliphatic heterocycles. The molecule has 0 spiro atoms. The van der Waals surface area contributed by atoms with Gasteiger partial charge < -0.3 is 15.5 Å². The predicted octanol–water partition coefficient (Wildman–Crippen LogP) is 2.62. The molecule has 0 fully saturated rings. The maximum absolute atomic E-state index is 12.1. The van der Waals surface area contributed by atoms with Crippen molar-refractivity contribution in [3.63, 3.8) is 0 Å². The first-order valence-electron chi connectivity index (χ1n) is 7.48. The lowest BCUT2D eigenvalue weighted by Gasteiger charge is -2.16. The number of nitrogens with one attached hydrogen (secondary N) is 1. The number of aliphatic hydroxyl groups excluding tert-OH is 1. The van der Waals surface area contributed by atoms with Gasteiger partial charge in [-0.25, -0.2) is 0 Å². The van der Waals surface area contributed by atoms with Gasteiger partial charge in [-0.1, -0.05) is 42.5 Å². The number of fused-ring (bicyclic) bond motifs is 1. The summed E-state index contributed by atoms with van der Waals surface area (Å²) in [6.45, 7) is 0. The Balaban J connectivity index is 1.63. The zero-order valence-corrected chi connectivity index (χ0v) is 12.2. The van der Waals surface area contributed by atoms with Gasteiger partial charge >= 0.3 is 0 Å². The number of benzene rings is 2. The topological polar surface area (TPSA) is 69.6 Å². The van der Waals surface area contributed by atoms with Crippen LogP contribution in [0.3, 0.4) is 0 Å². The van der Waals surface area contributed by atoms with Crippen LogP contribution in [0.2, 0.25) is 0 Å². The fraction of sp³-hybridized carbons (Fsp3) is 0.278. The molecule has 2 unspecified atom stereocenters. The average Bonchev–Trinajstić information content (AvgIpc) is 2.92. The summed E-state index contributed by atoms with van der Waals surface area (Å²) in [5, 5.41) is 22.9. The SMILES string of the molecule is O=C(CC(O)c1ccccc1)NC1CCc2c(O)cccc21. The van der Waals surface area contributed by atoms with Crippen molar-refractivity contribution in [3.8, 4) is 5.75 Å². The molecule has 0 aromatic heterocycles. The maximum atomic E-state index is 12.1. The largest absolute Gasteiger partial charge is 0.508 e. The standard InChI is InChI=1S/C18H19NO3/c20-16-8-4-7-13-14(16)9-10-15(13)19-18(22)11-17(21)12-5-2-1-3-6-12/h1-8,15,17,20-21H,9-11H2,(H,19,22). The van der Waals surface area contributed by atoms with Crippen LogP contribution >= 0.6 is 0 Å². The number of carbonyl (C=O) groups excluding carboxylic acids is 1. The van der Waals surface area contributed by atoms with Crippen molar-refractivity contribution >= 4 is 5.91 Å². The number of aliphatic hydroxyl groups is 1. The Morgan fingerprint density at radius 1 is 1.18 bits per heavy atom. The second-order valence-electron chi connectivity index (χ2n) is 5.63. The van der Waals surface area contributed by atoms with Crippen LogP contribution in [0.25, 0.3) is 0 Å². The van der Waals surface area contributed by atoms with Crippen molar-refractivity contribution < 1.29 is 15.0 Å². The first-order chi connectivity index (χ1) is 10.6. The van der Waals surface area contributed by atoms with Gasteiger partial charge in [-0.05, 0) is 35.6 Å². The second-order valence-corrected chi connectivity index (χ2v) is 5.63. The van der Waals surface area contributed by atoms with Crippen molar-refractivity contribution in [1.82, 2.24) is 5.32 Å². The van der Waals surface area contributed by atoms with Gasteiger partial charge in [0, 0.05) is 0 Å². The van der Waals surface area contributed by atoms with Crippen molar-refractivity contribution in [3.05, 3.63) is 65.2 Å². The highest BCUT2D eigenvalue weighted by Crippen LogP contribution is 2.36. The number of amides is 1. The Morgan fingerprint density at radius 2 is 1.95 bits per heavy atom. The fourth-order valence-corrected chi connectivity index (χ4v) is 3.01. The van der Waals surface area contributed by atoms with E-state index in [9.17, 15) is 15.0 Å². The molecule has 0 saturated heterocycles. The normalized spacial score (nSPS) is 17.8. The van der Waals surface area contributed by atoms with Crippen LogP contribution in [0.5, 0.6) is 5.75 Å². The molecule has 4 heteroatoms. The number of aromatic hydroxyl groups is 1. The zero-order valence-electron chi connectivity index (χ0n) is 12.2. The van der Waals surface area contributed by atoms with E-state index in [1.807, 2.05) is 24.3 Å². The maximum Gasteiger partial charge on any atom is 0.223 e. The van der Waals surface area contributed by atoms with Crippen molar-refractivity contribution in [2.45, 2.75) is 31.4 Å². The lowest BCUT2D eigenvalue weighted by Crippen LogP contribution is -2.28. The van der Waals surface area contributed by atoms with Crippen LogP contribution in [0, 0.1) is 0 Å². The van der Waals surface area contributed by atoms with E-state index in [2.05, 4.69) is 5.32 Å². The van der Waals surface area contributed by atoms with Gasteiger partial charge in [0.05, 0.1) is 18.6 Å². The highest BCUT2D eigenvalue weighted by atomic mass is 16.3. The van der Waals surface area contributed by atoms with E-state index in [-0.39, 0.29) is 18.4 Å².